The lowest BCUT2D eigenvalue weighted by molar-refractivity contribution is -0.143. The minimum atomic E-state index is -0.273. The molecule has 25 heavy (non-hydrogen) atoms. The molecule has 1 atom stereocenters. The van der Waals surface area contributed by atoms with E-state index in [1.807, 2.05) is 18.2 Å². The van der Waals surface area contributed by atoms with Gasteiger partial charge < -0.3 is 9.47 Å². The lowest BCUT2D eigenvalue weighted by Crippen LogP contribution is -2.42. The predicted octanol–water partition coefficient (Wildman–Crippen LogP) is 4.08. The minimum absolute atomic E-state index is 0. The van der Waals surface area contributed by atoms with E-state index < -0.39 is 0 Å². The third-order valence-electron chi connectivity index (χ3n) is 4.03. The van der Waals surface area contributed by atoms with Crippen LogP contribution in [-0.2, 0) is 29.1 Å². The molecule has 7 heteroatoms. The van der Waals surface area contributed by atoms with Gasteiger partial charge in [-0.15, -0.1) is 12.4 Å². The van der Waals surface area contributed by atoms with Crippen molar-refractivity contribution in [2.24, 2.45) is 0 Å². The van der Waals surface area contributed by atoms with Crippen LogP contribution in [0.25, 0.3) is 0 Å². The number of ether oxygens (including phenoxy) is 2. The number of carbonyl (C=O) groups excluding carboxylic acids is 1. The molecule has 4 nitrogen and oxygen atoms in total. The fraction of sp³-hybridized carbons (Fsp3) is 0.278. The first-order valence-corrected chi connectivity index (χ1v) is 9.73. The van der Waals surface area contributed by atoms with Gasteiger partial charge in [-0.1, -0.05) is 30.3 Å². The van der Waals surface area contributed by atoms with E-state index in [2.05, 4.69) is 68.7 Å². The SMILES string of the molecule is COC(=O)[C@@H]1Cc2cc(I)c(OCc3ccccc3)c(I)c2CN1.Cl. The summed E-state index contributed by atoms with van der Waals surface area (Å²) in [5.41, 5.74) is 3.54. The molecule has 0 fully saturated rings. The van der Waals surface area contributed by atoms with Gasteiger partial charge in [0.05, 0.1) is 14.3 Å². The first-order chi connectivity index (χ1) is 11.6. The number of carbonyl (C=O) groups is 1. The third kappa shape index (κ3) is 4.78. The summed E-state index contributed by atoms with van der Waals surface area (Å²) in [5.74, 6) is 0.701. The average molecular weight is 586 g/mol. The highest BCUT2D eigenvalue weighted by molar-refractivity contribution is 14.1. The topological polar surface area (TPSA) is 47.6 Å². The number of hydrogen-bond acceptors (Lipinski definition) is 4. The summed E-state index contributed by atoms with van der Waals surface area (Å²) in [7, 11) is 1.42. The van der Waals surface area contributed by atoms with Gasteiger partial charge in [-0.05, 0) is 74.4 Å². The van der Waals surface area contributed by atoms with Crippen molar-refractivity contribution in [3.8, 4) is 5.75 Å². The number of hydrogen-bond donors (Lipinski definition) is 1. The predicted molar refractivity (Wildman–Crippen MR) is 116 cm³/mol. The third-order valence-corrected chi connectivity index (χ3v) is 5.97. The second-order valence-corrected chi connectivity index (χ2v) is 7.82. The zero-order valence-electron chi connectivity index (χ0n) is 13.6. The highest BCUT2D eigenvalue weighted by atomic mass is 127. The molecule has 0 aromatic heterocycles. The van der Waals surface area contributed by atoms with Crippen molar-refractivity contribution in [3.63, 3.8) is 0 Å². The van der Waals surface area contributed by atoms with Crippen molar-refractivity contribution in [1.82, 2.24) is 5.32 Å². The summed E-state index contributed by atoms with van der Waals surface area (Å²) >= 11 is 4.64. The van der Waals surface area contributed by atoms with Crippen LogP contribution in [0.2, 0.25) is 0 Å². The van der Waals surface area contributed by atoms with Gasteiger partial charge in [0, 0.05) is 6.54 Å². The van der Waals surface area contributed by atoms with Crippen LogP contribution in [0.4, 0.5) is 0 Å². The number of methoxy groups -OCH3 is 1. The lowest BCUT2D eigenvalue weighted by Gasteiger charge is -2.26. The monoisotopic (exact) mass is 585 g/mol. The Labute approximate surface area is 180 Å². The molecule has 0 saturated heterocycles. The van der Waals surface area contributed by atoms with Crippen LogP contribution in [0.3, 0.4) is 0 Å². The number of benzene rings is 2. The van der Waals surface area contributed by atoms with Gasteiger partial charge in [-0.3, -0.25) is 10.1 Å². The van der Waals surface area contributed by atoms with Crippen LogP contribution >= 0.6 is 57.6 Å². The molecular formula is C18H18ClI2NO3. The molecule has 1 N–H and O–H groups in total. The number of esters is 1. The van der Waals surface area contributed by atoms with E-state index >= 15 is 0 Å². The van der Waals surface area contributed by atoms with E-state index in [1.165, 1.54) is 18.2 Å². The zero-order chi connectivity index (χ0) is 17.1. The Bertz CT molecular complexity index is 756. The van der Waals surface area contributed by atoms with Gasteiger partial charge in [0.25, 0.3) is 0 Å². The van der Waals surface area contributed by atoms with Gasteiger partial charge in [0.2, 0.25) is 0 Å². The molecule has 3 rings (SSSR count). The van der Waals surface area contributed by atoms with E-state index in [0.717, 1.165) is 18.5 Å². The van der Waals surface area contributed by atoms with E-state index in [0.29, 0.717) is 19.6 Å². The van der Waals surface area contributed by atoms with E-state index in [-0.39, 0.29) is 24.4 Å². The first kappa shape index (κ1) is 20.7. The van der Waals surface area contributed by atoms with Crippen LogP contribution in [0, 0.1) is 7.14 Å². The van der Waals surface area contributed by atoms with Gasteiger partial charge in [0.1, 0.15) is 18.4 Å². The number of nitrogens with one attached hydrogen (secondary N) is 1. The highest BCUT2D eigenvalue weighted by Crippen LogP contribution is 2.35. The molecule has 134 valence electrons. The molecule has 0 spiro atoms. The molecular weight excluding hydrogens is 567 g/mol. The van der Waals surface area contributed by atoms with Gasteiger partial charge in [0.15, 0.2) is 0 Å². The van der Waals surface area contributed by atoms with Crippen LogP contribution in [-0.4, -0.2) is 19.1 Å². The molecule has 1 aliphatic rings. The maximum atomic E-state index is 11.8. The highest BCUT2D eigenvalue weighted by Gasteiger charge is 2.28. The average Bonchev–Trinajstić information content (AvgIpc) is 2.61. The Morgan fingerprint density at radius 3 is 2.68 bits per heavy atom. The van der Waals surface area contributed by atoms with Crippen LogP contribution < -0.4 is 10.1 Å². The van der Waals surface area contributed by atoms with Crippen molar-refractivity contribution in [1.29, 1.82) is 0 Å². The summed E-state index contributed by atoms with van der Waals surface area (Å²) in [6, 6.07) is 12.0. The number of rotatable bonds is 4. The molecule has 0 saturated carbocycles. The molecule has 1 heterocycles. The fourth-order valence-electron chi connectivity index (χ4n) is 2.75. The van der Waals surface area contributed by atoms with E-state index in [4.69, 9.17) is 9.47 Å². The molecule has 1 aliphatic heterocycles. The molecule has 0 aliphatic carbocycles. The van der Waals surface area contributed by atoms with Crippen molar-refractivity contribution < 1.29 is 14.3 Å². The molecule has 0 amide bonds. The number of halogens is 3. The zero-order valence-corrected chi connectivity index (χ0v) is 18.7. The van der Waals surface area contributed by atoms with Crippen molar-refractivity contribution >= 4 is 63.6 Å². The summed E-state index contributed by atoms with van der Waals surface area (Å²) in [6.07, 6.45) is 0.646. The molecule has 2 aromatic rings. The molecule has 0 radical (unpaired) electrons. The summed E-state index contributed by atoms with van der Waals surface area (Å²) < 4.78 is 13.1. The Morgan fingerprint density at radius 2 is 2.00 bits per heavy atom. The van der Waals surface area contributed by atoms with Gasteiger partial charge >= 0.3 is 5.97 Å². The van der Waals surface area contributed by atoms with Crippen LogP contribution in [0.1, 0.15) is 16.7 Å². The van der Waals surface area contributed by atoms with E-state index in [1.54, 1.807) is 0 Å². The lowest BCUT2D eigenvalue weighted by atomic mass is 9.95. The minimum Gasteiger partial charge on any atom is -0.487 e. The van der Waals surface area contributed by atoms with Crippen molar-refractivity contribution in [3.05, 3.63) is 60.2 Å². The smallest absolute Gasteiger partial charge is 0.323 e. The Morgan fingerprint density at radius 1 is 1.28 bits per heavy atom. The van der Waals surface area contributed by atoms with Crippen LogP contribution in [0.5, 0.6) is 5.75 Å². The van der Waals surface area contributed by atoms with Crippen molar-refractivity contribution in [2.75, 3.05) is 7.11 Å². The first-order valence-electron chi connectivity index (χ1n) is 7.58. The molecule has 0 bridgehead atoms. The normalized spacial score (nSPS) is 15.7. The second-order valence-electron chi connectivity index (χ2n) is 5.57. The Balaban J connectivity index is 0.00000225. The fourth-order valence-corrected chi connectivity index (χ4v) is 5.05. The summed E-state index contributed by atoms with van der Waals surface area (Å²) in [4.78, 5) is 11.8. The standard InChI is InChI=1S/C18H17I2NO3.ClH/c1-23-18(22)15-8-12-7-14(19)17(16(20)13(12)9-21-15)24-10-11-5-3-2-4-6-11;/h2-7,15,21H,8-10H2,1H3;1H/t15-;/m0./s1. The molecule has 0 unspecified atom stereocenters. The molecule has 2 aromatic carbocycles. The summed E-state index contributed by atoms with van der Waals surface area (Å²) in [6.45, 7) is 1.19. The van der Waals surface area contributed by atoms with Crippen LogP contribution in [0.15, 0.2) is 36.4 Å². The largest absolute Gasteiger partial charge is 0.487 e. The Hall–Kier alpha value is -0.580. The maximum absolute atomic E-state index is 11.8. The second kappa shape index (κ2) is 9.38. The van der Waals surface area contributed by atoms with Gasteiger partial charge in [-0.2, -0.15) is 0 Å². The van der Waals surface area contributed by atoms with E-state index in [9.17, 15) is 4.79 Å². The maximum Gasteiger partial charge on any atom is 0.323 e. The van der Waals surface area contributed by atoms with Gasteiger partial charge in [-0.25, -0.2) is 0 Å². The number of fused-ring (bicyclic) bond motifs is 1. The quantitative estimate of drug-likeness (QED) is 0.434. The summed E-state index contributed by atoms with van der Waals surface area (Å²) in [5, 5.41) is 3.25. The van der Waals surface area contributed by atoms with Crippen molar-refractivity contribution in [2.45, 2.75) is 25.6 Å². The Kier molecular flexibility index (Phi) is 7.78.